The Bertz CT molecular complexity index is 407. The van der Waals surface area contributed by atoms with Gasteiger partial charge in [0.05, 0.1) is 19.0 Å². The number of amides is 1. The van der Waals surface area contributed by atoms with Gasteiger partial charge in [-0.05, 0) is 18.6 Å². The van der Waals surface area contributed by atoms with Crippen LogP contribution in [0.15, 0.2) is 22.8 Å². The zero-order valence-corrected chi connectivity index (χ0v) is 11.7. The lowest BCUT2D eigenvalue weighted by Crippen LogP contribution is -2.48. The van der Waals surface area contributed by atoms with Crippen molar-refractivity contribution in [2.75, 3.05) is 26.7 Å². The molecule has 20 heavy (non-hydrogen) atoms. The molecule has 1 aliphatic heterocycles. The first-order valence-electron chi connectivity index (χ1n) is 6.90. The van der Waals surface area contributed by atoms with Gasteiger partial charge < -0.3 is 24.5 Å². The lowest BCUT2D eigenvalue weighted by molar-refractivity contribution is -0.132. The number of nitrogens with one attached hydrogen (secondary N) is 1. The molecule has 0 spiro atoms. The van der Waals surface area contributed by atoms with E-state index in [-0.39, 0.29) is 18.6 Å². The zero-order chi connectivity index (χ0) is 14.4. The van der Waals surface area contributed by atoms with Gasteiger partial charge in [0, 0.05) is 32.6 Å². The van der Waals surface area contributed by atoms with E-state index in [1.165, 1.54) is 0 Å². The summed E-state index contributed by atoms with van der Waals surface area (Å²) in [6, 6.07) is 3.88. The normalized spacial score (nSPS) is 21.2. The van der Waals surface area contributed by atoms with Crippen LogP contribution in [0.2, 0.25) is 0 Å². The summed E-state index contributed by atoms with van der Waals surface area (Å²) in [6.07, 6.45) is 2.42. The first-order chi connectivity index (χ1) is 9.65. The maximum absolute atomic E-state index is 11.4. The van der Waals surface area contributed by atoms with Crippen LogP contribution in [0.5, 0.6) is 0 Å². The lowest BCUT2D eigenvalue weighted by Gasteiger charge is -2.30. The number of likely N-dealkylation sites (tertiary alicyclic amines) is 1. The summed E-state index contributed by atoms with van der Waals surface area (Å²) >= 11 is 0. The van der Waals surface area contributed by atoms with E-state index in [1.54, 1.807) is 24.3 Å². The minimum absolute atomic E-state index is 0.186. The minimum atomic E-state index is -0.562. The lowest BCUT2D eigenvalue weighted by atomic mass is 10.1. The van der Waals surface area contributed by atoms with Gasteiger partial charge in [-0.3, -0.25) is 4.79 Å². The summed E-state index contributed by atoms with van der Waals surface area (Å²) in [5.41, 5.74) is 0. The molecule has 1 aliphatic rings. The van der Waals surface area contributed by atoms with E-state index in [4.69, 9.17) is 9.15 Å². The van der Waals surface area contributed by atoms with Gasteiger partial charge in [0.2, 0.25) is 5.91 Å². The fourth-order valence-corrected chi connectivity index (χ4v) is 2.23. The third-order valence-electron chi connectivity index (χ3n) is 3.40. The van der Waals surface area contributed by atoms with Gasteiger partial charge in [0.1, 0.15) is 12.4 Å². The Morgan fingerprint density at radius 2 is 2.50 bits per heavy atom. The quantitative estimate of drug-likeness (QED) is 0.755. The van der Waals surface area contributed by atoms with Crippen LogP contribution in [0.3, 0.4) is 0 Å². The number of hydrogen-bond donors (Lipinski definition) is 2. The highest BCUT2D eigenvalue weighted by molar-refractivity contribution is 5.76. The molecule has 2 unspecified atom stereocenters. The Morgan fingerprint density at radius 3 is 3.20 bits per heavy atom. The van der Waals surface area contributed by atoms with Gasteiger partial charge in [-0.1, -0.05) is 0 Å². The number of carbonyl (C=O) groups excluding carboxylic acids is 1. The van der Waals surface area contributed by atoms with Crippen molar-refractivity contribution in [3.8, 4) is 0 Å². The molecule has 1 aromatic rings. The van der Waals surface area contributed by atoms with Crippen molar-refractivity contribution in [1.29, 1.82) is 0 Å². The number of aliphatic hydroxyl groups excluding tert-OH is 1. The average Bonchev–Trinajstić information content (AvgIpc) is 2.93. The van der Waals surface area contributed by atoms with Gasteiger partial charge >= 0.3 is 0 Å². The first kappa shape index (κ1) is 15.0. The number of piperidine rings is 1. The number of furan rings is 1. The number of nitrogens with zero attached hydrogens (tertiary/aromatic N) is 1. The highest BCUT2D eigenvalue weighted by Gasteiger charge is 2.22. The van der Waals surface area contributed by atoms with Crippen molar-refractivity contribution >= 4 is 5.91 Å². The van der Waals surface area contributed by atoms with Crippen LogP contribution >= 0.6 is 0 Å². The van der Waals surface area contributed by atoms with E-state index < -0.39 is 6.10 Å². The monoisotopic (exact) mass is 282 g/mol. The van der Waals surface area contributed by atoms with E-state index in [9.17, 15) is 9.90 Å². The van der Waals surface area contributed by atoms with E-state index >= 15 is 0 Å². The number of likely N-dealkylation sites (N-methyl/N-ethyl adjacent to an activating group) is 1. The van der Waals surface area contributed by atoms with Crippen molar-refractivity contribution in [2.24, 2.45) is 0 Å². The molecular weight excluding hydrogens is 260 g/mol. The Morgan fingerprint density at radius 1 is 1.65 bits per heavy atom. The number of aliphatic hydroxyl groups is 1. The summed E-state index contributed by atoms with van der Waals surface area (Å²) < 4.78 is 10.5. The molecule has 2 heterocycles. The molecule has 0 aliphatic carbocycles. The maximum Gasteiger partial charge on any atom is 0.222 e. The molecule has 2 rings (SSSR count). The van der Waals surface area contributed by atoms with E-state index in [1.807, 2.05) is 6.07 Å². The topological polar surface area (TPSA) is 74.9 Å². The molecule has 112 valence electrons. The third-order valence-corrected chi connectivity index (χ3v) is 3.40. The average molecular weight is 282 g/mol. The van der Waals surface area contributed by atoms with Gasteiger partial charge in [0.25, 0.3) is 0 Å². The Balaban J connectivity index is 1.58. The van der Waals surface area contributed by atoms with Gasteiger partial charge in [0.15, 0.2) is 0 Å². The van der Waals surface area contributed by atoms with E-state index in [2.05, 4.69) is 5.32 Å². The molecule has 1 aromatic heterocycles. The summed E-state index contributed by atoms with van der Waals surface area (Å²) in [5.74, 6) is 0.933. The molecule has 2 atom stereocenters. The maximum atomic E-state index is 11.4. The number of rotatable bonds is 7. The number of ether oxygens (including phenoxy) is 1. The number of hydrogen-bond acceptors (Lipinski definition) is 5. The standard InChI is InChI=1S/C14H22N2O4/c1-16-8-11(4-5-14(16)18)15-7-12(17)9-19-10-13-3-2-6-20-13/h2-3,6,11-12,15,17H,4-5,7-10H2,1H3. The van der Waals surface area contributed by atoms with E-state index in [0.29, 0.717) is 26.1 Å². The highest BCUT2D eigenvalue weighted by Crippen LogP contribution is 2.09. The Labute approximate surface area is 118 Å². The van der Waals surface area contributed by atoms with Crippen molar-refractivity contribution in [3.63, 3.8) is 0 Å². The Hall–Kier alpha value is -1.37. The molecule has 6 heteroatoms. The van der Waals surface area contributed by atoms with Crippen molar-refractivity contribution in [1.82, 2.24) is 10.2 Å². The molecule has 1 saturated heterocycles. The summed E-state index contributed by atoms with van der Waals surface area (Å²) in [6.45, 7) is 1.78. The minimum Gasteiger partial charge on any atom is -0.467 e. The predicted molar refractivity (Wildman–Crippen MR) is 73.0 cm³/mol. The predicted octanol–water partition coefficient (Wildman–Crippen LogP) is 0.368. The molecule has 0 aromatic carbocycles. The van der Waals surface area contributed by atoms with E-state index in [0.717, 1.165) is 12.2 Å². The summed E-state index contributed by atoms with van der Waals surface area (Å²) in [4.78, 5) is 13.1. The molecule has 2 N–H and O–H groups in total. The van der Waals surface area contributed by atoms with Crippen LogP contribution in [-0.2, 0) is 16.1 Å². The van der Waals surface area contributed by atoms with Crippen LogP contribution < -0.4 is 5.32 Å². The fraction of sp³-hybridized carbons (Fsp3) is 0.643. The largest absolute Gasteiger partial charge is 0.467 e. The molecule has 0 radical (unpaired) electrons. The summed E-state index contributed by atoms with van der Waals surface area (Å²) in [7, 11) is 1.80. The van der Waals surface area contributed by atoms with Crippen molar-refractivity contribution in [3.05, 3.63) is 24.2 Å². The fourth-order valence-electron chi connectivity index (χ4n) is 2.23. The molecule has 0 bridgehead atoms. The van der Waals surface area contributed by atoms with Gasteiger partial charge in [-0.15, -0.1) is 0 Å². The second-order valence-electron chi connectivity index (χ2n) is 5.17. The SMILES string of the molecule is CN1CC(NCC(O)COCc2ccco2)CCC1=O. The Kier molecular flexibility index (Phi) is 5.58. The summed E-state index contributed by atoms with van der Waals surface area (Å²) in [5, 5.41) is 13.1. The molecule has 1 amide bonds. The molecular formula is C14H22N2O4. The number of carbonyl (C=O) groups is 1. The van der Waals surface area contributed by atoms with Gasteiger partial charge in [-0.25, -0.2) is 0 Å². The zero-order valence-electron chi connectivity index (χ0n) is 11.7. The van der Waals surface area contributed by atoms with Crippen LogP contribution in [0, 0.1) is 0 Å². The first-order valence-corrected chi connectivity index (χ1v) is 6.90. The highest BCUT2D eigenvalue weighted by atomic mass is 16.5. The van der Waals surface area contributed by atoms with Crippen LogP contribution in [0.4, 0.5) is 0 Å². The smallest absolute Gasteiger partial charge is 0.222 e. The van der Waals surface area contributed by atoms with Crippen LogP contribution in [-0.4, -0.2) is 54.8 Å². The van der Waals surface area contributed by atoms with Gasteiger partial charge in [-0.2, -0.15) is 0 Å². The molecule has 1 fully saturated rings. The second-order valence-corrected chi connectivity index (χ2v) is 5.17. The van der Waals surface area contributed by atoms with Crippen molar-refractivity contribution < 1.29 is 19.1 Å². The van der Waals surface area contributed by atoms with Crippen molar-refractivity contribution in [2.45, 2.75) is 31.6 Å². The third kappa shape index (κ3) is 4.63. The van der Waals surface area contributed by atoms with Crippen LogP contribution in [0.25, 0.3) is 0 Å². The van der Waals surface area contributed by atoms with Crippen LogP contribution in [0.1, 0.15) is 18.6 Å². The molecule has 6 nitrogen and oxygen atoms in total. The second kappa shape index (κ2) is 7.42. The molecule has 0 saturated carbocycles.